The predicted molar refractivity (Wildman–Crippen MR) is 75.7 cm³/mol. The summed E-state index contributed by atoms with van der Waals surface area (Å²) >= 11 is 0. The summed E-state index contributed by atoms with van der Waals surface area (Å²) in [7, 11) is 0. The molecule has 0 saturated heterocycles. The van der Waals surface area contributed by atoms with E-state index >= 15 is 0 Å². The highest BCUT2D eigenvalue weighted by Crippen LogP contribution is 2.17. The summed E-state index contributed by atoms with van der Waals surface area (Å²) in [5.74, 6) is 0.0139. The molecule has 2 rings (SSSR count). The summed E-state index contributed by atoms with van der Waals surface area (Å²) in [6.07, 6.45) is 4.87. The summed E-state index contributed by atoms with van der Waals surface area (Å²) in [5.41, 5.74) is 8.16. The van der Waals surface area contributed by atoms with Gasteiger partial charge in [-0.15, -0.1) is 0 Å². The quantitative estimate of drug-likeness (QED) is 0.807. The van der Waals surface area contributed by atoms with E-state index in [1.54, 1.807) is 12.3 Å². The van der Waals surface area contributed by atoms with E-state index in [-0.39, 0.29) is 5.91 Å². The zero-order chi connectivity index (χ0) is 13.7. The number of hydrogen-bond acceptors (Lipinski definition) is 3. The van der Waals surface area contributed by atoms with Crippen molar-refractivity contribution in [1.82, 2.24) is 9.78 Å². The molecule has 0 aliphatic rings. The van der Waals surface area contributed by atoms with Crippen LogP contribution in [0, 0.1) is 6.92 Å². The van der Waals surface area contributed by atoms with Crippen LogP contribution in [0.5, 0.6) is 0 Å². The molecule has 100 valence electrons. The number of amides is 1. The third-order valence-electron chi connectivity index (χ3n) is 2.87. The highest BCUT2D eigenvalue weighted by molar-refractivity contribution is 5.91. The van der Waals surface area contributed by atoms with Crippen molar-refractivity contribution in [3.8, 4) is 0 Å². The summed E-state index contributed by atoms with van der Waals surface area (Å²) in [5, 5.41) is 6.99. The van der Waals surface area contributed by atoms with E-state index in [2.05, 4.69) is 10.4 Å². The van der Waals surface area contributed by atoms with Crippen LogP contribution in [0.15, 0.2) is 36.7 Å². The van der Waals surface area contributed by atoms with Crippen LogP contribution in [0.25, 0.3) is 0 Å². The van der Waals surface area contributed by atoms with E-state index < -0.39 is 0 Å². The van der Waals surface area contributed by atoms with E-state index in [1.165, 1.54) is 0 Å². The van der Waals surface area contributed by atoms with Gasteiger partial charge in [0.2, 0.25) is 5.91 Å². The third kappa shape index (κ3) is 3.84. The number of carbonyl (C=O) groups is 1. The molecule has 0 radical (unpaired) electrons. The summed E-state index contributed by atoms with van der Waals surface area (Å²) < 4.78 is 1.82. The molecule has 5 nitrogen and oxygen atoms in total. The number of nitrogen functional groups attached to an aromatic ring is 1. The van der Waals surface area contributed by atoms with Crippen LogP contribution >= 0.6 is 0 Å². The average Bonchev–Trinajstić information content (AvgIpc) is 2.86. The Labute approximate surface area is 112 Å². The number of anilines is 2. The lowest BCUT2D eigenvalue weighted by molar-refractivity contribution is -0.116. The normalized spacial score (nSPS) is 10.4. The molecule has 0 aliphatic heterocycles. The number of nitrogens with two attached hydrogens (primary N) is 1. The number of rotatable bonds is 5. The highest BCUT2D eigenvalue weighted by Gasteiger charge is 2.05. The molecule has 1 amide bonds. The van der Waals surface area contributed by atoms with E-state index in [0.717, 1.165) is 24.2 Å². The van der Waals surface area contributed by atoms with Gasteiger partial charge in [-0.25, -0.2) is 0 Å². The second-order valence-corrected chi connectivity index (χ2v) is 4.50. The molecular formula is C14H18N4O. The van der Waals surface area contributed by atoms with E-state index in [4.69, 9.17) is 5.73 Å². The first-order chi connectivity index (χ1) is 9.15. The lowest BCUT2D eigenvalue weighted by atomic mass is 10.1. The third-order valence-corrected chi connectivity index (χ3v) is 2.87. The largest absolute Gasteiger partial charge is 0.399 e. The molecule has 1 aromatic carbocycles. The Balaban J connectivity index is 1.80. The Hall–Kier alpha value is -2.30. The van der Waals surface area contributed by atoms with Crippen LogP contribution < -0.4 is 11.1 Å². The molecule has 0 unspecified atom stereocenters. The van der Waals surface area contributed by atoms with Gasteiger partial charge in [0, 0.05) is 36.7 Å². The van der Waals surface area contributed by atoms with Crippen molar-refractivity contribution < 1.29 is 4.79 Å². The van der Waals surface area contributed by atoms with Gasteiger partial charge in [-0.05, 0) is 43.2 Å². The van der Waals surface area contributed by atoms with Crippen molar-refractivity contribution in [2.24, 2.45) is 0 Å². The van der Waals surface area contributed by atoms with Gasteiger partial charge in [-0.3, -0.25) is 9.48 Å². The minimum Gasteiger partial charge on any atom is -0.399 e. The van der Waals surface area contributed by atoms with Gasteiger partial charge >= 0.3 is 0 Å². The zero-order valence-corrected chi connectivity index (χ0v) is 11.0. The van der Waals surface area contributed by atoms with Crippen molar-refractivity contribution in [3.63, 3.8) is 0 Å². The monoisotopic (exact) mass is 258 g/mol. The van der Waals surface area contributed by atoms with Gasteiger partial charge in [0.1, 0.15) is 0 Å². The Morgan fingerprint density at radius 1 is 1.47 bits per heavy atom. The molecule has 0 spiro atoms. The maximum atomic E-state index is 11.8. The van der Waals surface area contributed by atoms with Crippen molar-refractivity contribution in [3.05, 3.63) is 42.2 Å². The molecule has 1 heterocycles. The Morgan fingerprint density at radius 2 is 2.32 bits per heavy atom. The summed E-state index contributed by atoms with van der Waals surface area (Å²) in [6, 6.07) is 7.33. The Kier molecular flexibility index (Phi) is 4.18. The molecule has 19 heavy (non-hydrogen) atoms. The number of carbonyl (C=O) groups excluding carboxylic acids is 1. The van der Waals surface area contributed by atoms with Crippen molar-refractivity contribution in [1.29, 1.82) is 0 Å². The van der Waals surface area contributed by atoms with Crippen LogP contribution in [-0.2, 0) is 11.3 Å². The molecule has 0 bridgehead atoms. The van der Waals surface area contributed by atoms with E-state index in [9.17, 15) is 4.79 Å². The fraction of sp³-hybridized carbons (Fsp3) is 0.286. The van der Waals surface area contributed by atoms with Crippen molar-refractivity contribution in [2.45, 2.75) is 26.3 Å². The number of benzene rings is 1. The number of aromatic nitrogens is 2. The molecule has 0 atom stereocenters. The standard InChI is InChI=1S/C14H18N4O/c1-11-10-12(15)5-6-13(11)17-14(19)4-2-8-18-9-3-7-16-18/h3,5-7,9-10H,2,4,8,15H2,1H3,(H,17,19). The maximum Gasteiger partial charge on any atom is 0.224 e. The molecule has 2 aromatic rings. The van der Waals surface area contributed by atoms with Crippen LogP contribution in [0.1, 0.15) is 18.4 Å². The SMILES string of the molecule is Cc1cc(N)ccc1NC(=O)CCCn1cccn1. The second kappa shape index (κ2) is 6.04. The number of aryl methyl sites for hydroxylation is 2. The van der Waals surface area contributed by atoms with Gasteiger partial charge in [0.25, 0.3) is 0 Å². The van der Waals surface area contributed by atoms with Gasteiger partial charge in [-0.1, -0.05) is 0 Å². The molecule has 0 aliphatic carbocycles. The average molecular weight is 258 g/mol. The Bertz CT molecular complexity index is 549. The van der Waals surface area contributed by atoms with Crippen molar-refractivity contribution in [2.75, 3.05) is 11.1 Å². The van der Waals surface area contributed by atoms with Gasteiger partial charge in [-0.2, -0.15) is 5.10 Å². The molecule has 5 heteroatoms. The van der Waals surface area contributed by atoms with Crippen LogP contribution in [0.4, 0.5) is 11.4 Å². The van der Waals surface area contributed by atoms with E-state index in [0.29, 0.717) is 12.1 Å². The minimum absolute atomic E-state index is 0.0139. The first-order valence-electron chi connectivity index (χ1n) is 6.28. The molecule has 0 saturated carbocycles. The molecule has 3 N–H and O–H groups in total. The zero-order valence-electron chi connectivity index (χ0n) is 11.0. The van der Waals surface area contributed by atoms with E-state index in [1.807, 2.05) is 36.0 Å². The van der Waals surface area contributed by atoms with Crippen LogP contribution in [-0.4, -0.2) is 15.7 Å². The number of hydrogen-bond donors (Lipinski definition) is 2. The van der Waals surface area contributed by atoms with Gasteiger partial charge in [0.05, 0.1) is 0 Å². The second-order valence-electron chi connectivity index (χ2n) is 4.50. The van der Waals surface area contributed by atoms with Crippen LogP contribution in [0.2, 0.25) is 0 Å². The fourth-order valence-electron chi connectivity index (χ4n) is 1.87. The van der Waals surface area contributed by atoms with Crippen LogP contribution in [0.3, 0.4) is 0 Å². The molecule has 0 fully saturated rings. The smallest absolute Gasteiger partial charge is 0.224 e. The highest BCUT2D eigenvalue weighted by atomic mass is 16.1. The number of nitrogens with one attached hydrogen (secondary N) is 1. The summed E-state index contributed by atoms with van der Waals surface area (Å²) in [6.45, 7) is 2.68. The molecular weight excluding hydrogens is 240 g/mol. The van der Waals surface area contributed by atoms with Gasteiger partial charge < -0.3 is 11.1 Å². The number of nitrogens with zero attached hydrogens (tertiary/aromatic N) is 2. The summed E-state index contributed by atoms with van der Waals surface area (Å²) in [4.78, 5) is 11.8. The van der Waals surface area contributed by atoms with Gasteiger partial charge in [0.15, 0.2) is 0 Å². The molecule has 1 aromatic heterocycles. The first-order valence-corrected chi connectivity index (χ1v) is 6.28. The maximum absolute atomic E-state index is 11.8. The fourth-order valence-corrected chi connectivity index (χ4v) is 1.87. The Morgan fingerprint density at radius 3 is 3.00 bits per heavy atom. The first kappa shape index (κ1) is 13.1. The lowest BCUT2D eigenvalue weighted by Gasteiger charge is -2.09. The lowest BCUT2D eigenvalue weighted by Crippen LogP contribution is -2.13. The van der Waals surface area contributed by atoms with Crippen molar-refractivity contribution >= 4 is 17.3 Å². The minimum atomic E-state index is 0.0139. The predicted octanol–water partition coefficient (Wildman–Crippen LogP) is 2.19. The topological polar surface area (TPSA) is 72.9 Å².